The minimum Gasteiger partial charge on any atom is -0.394 e. The van der Waals surface area contributed by atoms with Crippen molar-refractivity contribution in [3.05, 3.63) is 0 Å². The second-order valence-corrected chi connectivity index (χ2v) is 7.90. The van der Waals surface area contributed by atoms with E-state index < -0.39 is 0 Å². The van der Waals surface area contributed by atoms with Crippen LogP contribution in [0.15, 0.2) is 0 Å². The molecule has 3 atom stereocenters. The van der Waals surface area contributed by atoms with Crippen LogP contribution in [0.5, 0.6) is 0 Å². The van der Waals surface area contributed by atoms with Crippen molar-refractivity contribution >= 4 is 0 Å². The van der Waals surface area contributed by atoms with Gasteiger partial charge in [-0.15, -0.1) is 0 Å². The lowest BCUT2D eigenvalue weighted by atomic mass is 9.78. The van der Waals surface area contributed by atoms with Gasteiger partial charge in [0, 0.05) is 30.2 Å². The second kappa shape index (κ2) is 6.53. The Bertz CT molecular complexity index is 345. The van der Waals surface area contributed by atoms with Gasteiger partial charge in [-0.3, -0.25) is 4.90 Å². The first-order valence-corrected chi connectivity index (χ1v) is 8.91. The maximum Gasteiger partial charge on any atom is 0.0613 e. The van der Waals surface area contributed by atoms with Crippen LogP contribution in [-0.2, 0) is 0 Å². The number of nitrogens with one attached hydrogen (secondary N) is 1. The molecule has 1 aliphatic heterocycles. The van der Waals surface area contributed by atoms with Crippen LogP contribution in [0.3, 0.4) is 0 Å². The molecule has 1 saturated heterocycles. The van der Waals surface area contributed by atoms with Crippen molar-refractivity contribution in [2.24, 2.45) is 0 Å². The Hall–Kier alpha value is -0.160. The number of rotatable bonds is 6. The summed E-state index contributed by atoms with van der Waals surface area (Å²) < 4.78 is 0. The third-order valence-electron chi connectivity index (χ3n) is 5.68. The maximum atomic E-state index is 10.0. The molecule has 0 aromatic heterocycles. The van der Waals surface area contributed by atoms with Crippen LogP contribution in [-0.4, -0.2) is 72.4 Å². The highest BCUT2D eigenvalue weighted by atomic mass is 16.3. The van der Waals surface area contributed by atoms with Gasteiger partial charge in [0.2, 0.25) is 0 Å². The third kappa shape index (κ3) is 3.79. The van der Waals surface area contributed by atoms with E-state index in [2.05, 4.69) is 29.2 Å². The van der Waals surface area contributed by atoms with E-state index in [1.54, 1.807) is 0 Å². The Kier molecular flexibility index (Phi) is 4.89. The zero-order valence-electron chi connectivity index (χ0n) is 13.9. The molecule has 3 rings (SSSR count). The van der Waals surface area contributed by atoms with Gasteiger partial charge >= 0.3 is 0 Å². The smallest absolute Gasteiger partial charge is 0.0613 e. The van der Waals surface area contributed by atoms with Crippen LogP contribution >= 0.6 is 0 Å². The summed E-state index contributed by atoms with van der Waals surface area (Å²) in [5.74, 6) is 0. The molecule has 4 nitrogen and oxygen atoms in total. The van der Waals surface area contributed by atoms with Gasteiger partial charge in [-0.05, 0) is 72.0 Å². The van der Waals surface area contributed by atoms with Crippen LogP contribution in [0.25, 0.3) is 0 Å². The summed E-state index contributed by atoms with van der Waals surface area (Å²) >= 11 is 0. The van der Waals surface area contributed by atoms with Gasteiger partial charge in [0.25, 0.3) is 0 Å². The fourth-order valence-corrected chi connectivity index (χ4v) is 4.55. The topological polar surface area (TPSA) is 38.7 Å². The quantitative estimate of drug-likeness (QED) is 0.778. The summed E-state index contributed by atoms with van der Waals surface area (Å²) in [4.78, 5) is 5.09. The van der Waals surface area contributed by atoms with E-state index in [0.717, 1.165) is 18.9 Å². The maximum absolute atomic E-state index is 10.0. The molecule has 21 heavy (non-hydrogen) atoms. The van der Waals surface area contributed by atoms with Gasteiger partial charge in [0.15, 0.2) is 0 Å². The fourth-order valence-electron chi connectivity index (χ4n) is 4.55. The Balaban J connectivity index is 1.63. The number of hydrogen-bond acceptors (Lipinski definition) is 4. The van der Waals surface area contributed by atoms with Gasteiger partial charge in [-0.2, -0.15) is 0 Å². The predicted octanol–water partition coefficient (Wildman–Crippen LogP) is 1.44. The van der Waals surface area contributed by atoms with Crippen molar-refractivity contribution in [1.82, 2.24) is 15.1 Å². The van der Waals surface area contributed by atoms with E-state index in [9.17, 15) is 5.11 Å². The highest BCUT2D eigenvalue weighted by Gasteiger charge is 2.43. The van der Waals surface area contributed by atoms with E-state index in [-0.39, 0.29) is 5.54 Å². The fraction of sp³-hybridized carbons (Fsp3) is 1.00. The Morgan fingerprint density at radius 1 is 1.19 bits per heavy atom. The molecule has 3 unspecified atom stereocenters. The first kappa shape index (κ1) is 15.7. The molecule has 4 heteroatoms. The number of hydrogen-bond donors (Lipinski definition) is 2. The molecule has 0 spiro atoms. The van der Waals surface area contributed by atoms with Crippen LogP contribution in [0.4, 0.5) is 0 Å². The molecular formula is C17H33N3O. The van der Waals surface area contributed by atoms with Gasteiger partial charge in [0.1, 0.15) is 0 Å². The molecule has 1 heterocycles. The molecule has 122 valence electrons. The molecule has 0 bridgehead atoms. The lowest BCUT2D eigenvalue weighted by Gasteiger charge is -2.45. The SMILES string of the molecule is CN(C)CC1CCCN1C1CCCC(CO)(NC2CC2)C1. The van der Waals surface area contributed by atoms with Crippen LogP contribution in [0.1, 0.15) is 51.4 Å². The number of likely N-dealkylation sites (tertiary alicyclic amines) is 1. The molecule has 3 fully saturated rings. The van der Waals surface area contributed by atoms with Gasteiger partial charge in [0.05, 0.1) is 6.61 Å². The van der Waals surface area contributed by atoms with E-state index >= 15 is 0 Å². The van der Waals surface area contributed by atoms with Crippen molar-refractivity contribution in [2.75, 3.05) is 33.8 Å². The summed E-state index contributed by atoms with van der Waals surface area (Å²) in [6.45, 7) is 2.75. The average Bonchev–Trinajstić information content (AvgIpc) is 3.14. The largest absolute Gasteiger partial charge is 0.394 e. The average molecular weight is 295 g/mol. The lowest BCUT2D eigenvalue weighted by Crippen LogP contribution is -2.57. The number of likely N-dealkylation sites (N-methyl/N-ethyl adjacent to an activating group) is 1. The van der Waals surface area contributed by atoms with Crippen LogP contribution < -0.4 is 5.32 Å². The van der Waals surface area contributed by atoms with Crippen molar-refractivity contribution in [1.29, 1.82) is 0 Å². The van der Waals surface area contributed by atoms with E-state index in [1.165, 1.54) is 51.6 Å². The number of aliphatic hydroxyl groups excluding tert-OH is 1. The third-order valence-corrected chi connectivity index (χ3v) is 5.68. The second-order valence-electron chi connectivity index (χ2n) is 7.90. The van der Waals surface area contributed by atoms with E-state index in [1.807, 2.05) is 0 Å². The van der Waals surface area contributed by atoms with Crippen molar-refractivity contribution in [2.45, 2.75) is 75.0 Å². The molecule has 0 aromatic carbocycles. The molecule has 0 aromatic rings. The van der Waals surface area contributed by atoms with Crippen molar-refractivity contribution in [3.8, 4) is 0 Å². The van der Waals surface area contributed by atoms with Crippen molar-refractivity contribution in [3.63, 3.8) is 0 Å². The van der Waals surface area contributed by atoms with Crippen LogP contribution in [0, 0.1) is 0 Å². The van der Waals surface area contributed by atoms with Gasteiger partial charge in [-0.1, -0.05) is 0 Å². The normalized spacial score (nSPS) is 38.3. The summed E-state index contributed by atoms with van der Waals surface area (Å²) in [7, 11) is 4.37. The van der Waals surface area contributed by atoms with Crippen molar-refractivity contribution < 1.29 is 5.11 Å². The monoisotopic (exact) mass is 295 g/mol. The molecule has 3 aliphatic rings. The van der Waals surface area contributed by atoms with Gasteiger partial charge in [-0.25, -0.2) is 0 Å². The minimum absolute atomic E-state index is 0.00927. The van der Waals surface area contributed by atoms with Crippen LogP contribution in [0.2, 0.25) is 0 Å². The summed E-state index contributed by atoms with van der Waals surface area (Å²) in [6.07, 6.45) is 10.2. The summed E-state index contributed by atoms with van der Waals surface area (Å²) in [5.41, 5.74) is 0.00927. The molecule has 2 saturated carbocycles. The standard InChI is InChI=1S/C17H33N3O/c1-19(2)12-16-6-4-10-20(16)15-5-3-9-17(11-15,13-21)18-14-7-8-14/h14-16,18,21H,3-13H2,1-2H3. The van der Waals surface area contributed by atoms with Gasteiger partial charge < -0.3 is 15.3 Å². The molecule has 2 aliphatic carbocycles. The molecule has 0 radical (unpaired) electrons. The first-order valence-electron chi connectivity index (χ1n) is 8.91. The molecule has 2 N–H and O–H groups in total. The highest BCUT2D eigenvalue weighted by Crippen LogP contribution is 2.36. The minimum atomic E-state index is 0.00927. The Morgan fingerprint density at radius 2 is 2.00 bits per heavy atom. The number of nitrogens with zero attached hydrogens (tertiary/aromatic N) is 2. The Morgan fingerprint density at radius 3 is 2.67 bits per heavy atom. The first-order chi connectivity index (χ1) is 10.1. The summed E-state index contributed by atoms with van der Waals surface area (Å²) in [5, 5.41) is 13.8. The van der Waals surface area contributed by atoms with E-state index in [0.29, 0.717) is 18.7 Å². The lowest BCUT2D eigenvalue weighted by molar-refractivity contribution is 0.0476. The zero-order valence-corrected chi connectivity index (χ0v) is 13.9. The Labute approximate surface area is 129 Å². The molecular weight excluding hydrogens is 262 g/mol. The number of aliphatic hydroxyl groups is 1. The summed E-state index contributed by atoms with van der Waals surface area (Å²) in [6, 6.07) is 2.08. The predicted molar refractivity (Wildman–Crippen MR) is 86.5 cm³/mol. The highest BCUT2D eigenvalue weighted by molar-refractivity contribution is 5.02. The zero-order chi connectivity index (χ0) is 14.9. The molecule has 0 amide bonds. The van der Waals surface area contributed by atoms with E-state index in [4.69, 9.17) is 0 Å².